The molecule has 1 amide bonds. The Balaban J connectivity index is 2.53. The lowest BCUT2D eigenvalue weighted by atomic mass is 10.0. The third-order valence-corrected chi connectivity index (χ3v) is 3.48. The van der Waals surface area contributed by atoms with Crippen molar-refractivity contribution in [3.63, 3.8) is 0 Å². The Morgan fingerprint density at radius 3 is 2.57 bits per heavy atom. The van der Waals surface area contributed by atoms with E-state index in [1.54, 1.807) is 0 Å². The Labute approximate surface area is 125 Å². The molecular weight excluding hydrogens is 262 g/mol. The second-order valence-corrected chi connectivity index (χ2v) is 5.12. The molecule has 0 aliphatic rings. The van der Waals surface area contributed by atoms with Crippen molar-refractivity contribution < 1.29 is 4.79 Å². The van der Waals surface area contributed by atoms with Gasteiger partial charge in [0.25, 0.3) is 0 Å². The molecule has 1 N–H and O–H groups in total. The van der Waals surface area contributed by atoms with Crippen molar-refractivity contribution in [2.75, 3.05) is 0 Å². The Morgan fingerprint density at radius 2 is 2.00 bits per heavy atom. The quantitative estimate of drug-likeness (QED) is 0.857. The Kier molecular flexibility index (Phi) is 4.58. The molecule has 2 aromatic rings. The molecular formula is C17H21N3O. The van der Waals surface area contributed by atoms with Crippen LogP contribution in [0.3, 0.4) is 0 Å². The first-order valence-electron chi connectivity index (χ1n) is 7.09. The van der Waals surface area contributed by atoms with E-state index >= 15 is 0 Å². The summed E-state index contributed by atoms with van der Waals surface area (Å²) in [7, 11) is 1.97. The zero-order valence-electron chi connectivity index (χ0n) is 13.0. The standard InChI is InChI=1S/C17H21N3O/c1-5-7-14(18-11-21)15-10-20(4)17(19-15)16-12(2)8-6-9-13(16)3/h6-11H,5H2,1-4H3,(H,18,21)/b14-7-. The maximum absolute atomic E-state index is 10.7. The van der Waals surface area contributed by atoms with Crippen LogP contribution < -0.4 is 5.32 Å². The number of rotatable bonds is 5. The molecule has 0 aliphatic heterocycles. The Hall–Kier alpha value is -2.36. The molecule has 0 saturated carbocycles. The van der Waals surface area contributed by atoms with Crippen molar-refractivity contribution >= 4 is 12.1 Å². The van der Waals surface area contributed by atoms with Gasteiger partial charge < -0.3 is 9.88 Å². The van der Waals surface area contributed by atoms with Gasteiger partial charge >= 0.3 is 0 Å². The summed E-state index contributed by atoms with van der Waals surface area (Å²) >= 11 is 0. The van der Waals surface area contributed by atoms with Crippen molar-refractivity contribution in [1.29, 1.82) is 0 Å². The zero-order chi connectivity index (χ0) is 15.4. The highest BCUT2D eigenvalue weighted by Gasteiger charge is 2.14. The molecule has 0 saturated heterocycles. The highest BCUT2D eigenvalue weighted by atomic mass is 16.1. The summed E-state index contributed by atoms with van der Waals surface area (Å²) in [6, 6.07) is 6.22. The molecule has 4 heteroatoms. The topological polar surface area (TPSA) is 46.9 Å². The number of hydrogen-bond acceptors (Lipinski definition) is 2. The SMILES string of the molecule is CC/C=C(\NC=O)c1cn(C)c(-c2c(C)cccc2C)n1. The van der Waals surface area contributed by atoms with E-state index in [-0.39, 0.29) is 0 Å². The fourth-order valence-corrected chi connectivity index (χ4v) is 2.50. The summed E-state index contributed by atoms with van der Waals surface area (Å²) in [4.78, 5) is 15.5. The minimum Gasteiger partial charge on any atom is -0.333 e. The number of benzene rings is 1. The number of imidazole rings is 1. The normalized spacial score (nSPS) is 11.5. The van der Waals surface area contributed by atoms with E-state index in [1.807, 2.05) is 36.9 Å². The predicted molar refractivity (Wildman–Crippen MR) is 85.6 cm³/mol. The van der Waals surface area contributed by atoms with Crippen molar-refractivity contribution in [2.24, 2.45) is 7.05 Å². The van der Waals surface area contributed by atoms with Crippen molar-refractivity contribution in [3.8, 4) is 11.4 Å². The number of nitrogens with one attached hydrogen (secondary N) is 1. The van der Waals surface area contributed by atoms with Crippen molar-refractivity contribution in [1.82, 2.24) is 14.9 Å². The van der Waals surface area contributed by atoms with Crippen LogP contribution in [0.25, 0.3) is 17.1 Å². The second kappa shape index (κ2) is 6.39. The number of carbonyl (C=O) groups is 1. The van der Waals surface area contributed by atoms with Crippen LogP contribution in [-0.4, -0.2) is 16.0 Å². The van der Waals surface area contributed by atoms with Crippen LogP contribution in [-0.2, 0) is 11.8 Å². The van der Waals surface area contributed by atoms with Gasteiger partial charge in [0, 0.05) is 18.8 Å². The van der Waals surface area contributed by atoms with Gasteiger partial charge in [0.15, 0.2) is 0 Å². The number of aromatic nitrogens is 2. The first-order valence-corrected chi connectivity index (χ1v) is 7.09. The van der Waals surface area contributed by atoms with Gasteiger partial charge in [0.05, 0.1) is 5.70 Å². The minimum absolute atomic E-state index is 0.689. The Bertz CT molecular complexity index is 663. The van der Waals surface area contributed by atoms with Gasteiger partial charge in [-0.1, -0.05) is 31.2 Å². The largest absolute Gasteiger partial charge is 0.333 e. The van der Waals surface area contributed by atoms with E-state index in [0.717, 1.165) is 29.2 Å². The summed E-state index contributed by atoms with van der Waals surface area (Å²) in [5, 5.41) is 2.73. The maximum Gasteiger partial charge on any atom is 0.211 e. The molecule has 1 aromatic carbocycles. The fraction of sp³-hybridized carbons (Fsp3) is 0.294. The third-order valence-electron chi connectivity index (χ3n) is 3.48. The number of allylic oxidation sites excluding steroid dienone is 1. The molecule has 0 atom stereocenters. The summed E-state index contributed by atoms with van der Waals surface area (Å²) in [5.41, 5.74) is 5.07. The molecule has 0 fully saturated rings. The smallest absolute Gasteiger partial charge is 0.211 e. The van der Waals surface area contributed by atoms with Crippen LogP contribution in [0.1, 0.15) is 30.2 Å². The lowest BCUT2D eigenvalue weighted by Gasteiger charge is -2.09. The van der Waals surface area contributed by atoms with E-state index < -0.39 is 0 Å². The lowest BCUT2D eigenvalue weighted by Crippen LogP contribution is -2.09. The Morgan fingerprint density at radius 1 is 1.33 bits per heavy atom. The van der Waals surface area contributed by atoms with Gasteiger partial charge in [0.2, 0.25) is 6.41 Å². The van der Waals surface area contributed by atoms with Crippen LogP contribution in [0, 0.1) is 13.8 Å². The highest BCUT2D eigenvalue weighted by molar-refractivity contribution is 5.74. The molecule has 110 valence electrons. The van der Waals surface area contributed by atoms with Gasteiger partial charge in [-0.15, -0.1) is 0 Å². The molecule has 0 aliphatic carbocycles. The second-order valence-electron chi connectivity index (χ2n) is 5.12. The van der Waals surface area contributed by atoms with E-state index in [9.17, 15) is 4.79 Å². The molecule has 2 rings (SSSR count). The van der Waals surface area contributed by atoms with E-state index in [0.29, 0.717) is 6.41 Å². The zero-order valence-corrected chi connectivity index (χ0v) is 13.0. The minimum atomic E-state index is 0.689. The first-order chi connectivity index (χ1) is 10.1. The third kappa shape index (κ3) is 3.05. The summed E-state index contributed by atoms with van der Waals surface area (Å²) in [5.74, 6) is 0.912. The number of amides is 1. The van der Waals surface area contributed by atoms with Crippen LogP contribution in [0.2, 0.25) is 0 Å². The monoisotopic (exact) mass is 283 g/mol. The van der Waals surface area contributed by atoms with Gasteiger partial charge in [-0.05, 0) is 31.4 Å². The number of carbonyl (C=O) groups excluding carboxylic acids is 1. The van der Waals surface area contributed by atoms with Crippen LogP contribution in [0.15, 0.2) is 30.5 Å². The first kappa shape index (κ1) is 15.0. The van der Waals surface area contributed by atoms with Gasteiger partial charge in [-0.3, -0.25) is 4.79 Å². The highest BCUT2D eigenvalue weighted by Crippen LogP contribution is 2.27. The molecule has 0 bridgehead atoms. The van der Waals surface area contributed by atoms with E-state index in [1.165, 1.54) is 11.1 Å². The maximum atomic E-state index is 10.7. The number of hydrogen-bond donors (Lipinski definition) is 1. The van der Waals surface area contributed by atoms with Gasteiger partial charge in [0.1, 0.15) is 11.5 Å². The molecule has 1 heterocycles. The summed E-state index contributed by atoms with van der Waals surface area (Å²) < 4.78 is 2.00. The fourth-order valence-electron chi connectivity index (χ4n) is 2.50. The molecule has 0 unspecified atom stereocenters. The van der Waals surface area contributed by atoms with E-state index in [2.05, 4.69) is 31.3 Å². The average Bonchev–Trinajstić information content (AvgIpc) is 2.80. The van der Waals surface area contributed by atoms with Crippen LogP contribution >= 0.6 is 0 Å². The van der Waals surface area contributed by atoms with Crippen molar-refractivity contribution in [2.45, 2.75) is 27.2 Å². The molecule has 1 aromatic heterocycles. The van der Waals surface area contributed by atoms with Crippen LogP contribution in [0.5, 0.6) is 0 Å². The summed E-state index contributed by atoms with van der Waals surface area (Å²) in [6.45, 7) is 6.20. The molecule has 0 spiro atoms. The van der Waals surface area contributed by atoms with Crippen LogP contribution in [0.4, 0.5) is 0 Å². The summed E-state index contributed by atoms with van der Waals surface area (Å²) in [6.07, 6.45) is 5.44. The number of nitrogens with zero attached hydrogens (tertiary/aromatic N) is 2. The molecule has 4 nitrogen and oxygen atoms in total. The van der Waals surface area contributed by atoms with Gasteiger partial charge in [-0.25, -0.2) is 4.98 Å². The predicted octanol–water partition coefficient (Wildman–Crippen LogP) is 3.20. The average molecular weight is 283 g/mol. The van der Waals surface area contributed by atoms with E-state index in [4.69, 9.17) is 4.98 Å². The van der Waals surface area contributed by atoms with Crippen molar-refractivity contribution in [3.05, 3.63) is 47.3 Å². The molecule has 21 heavy (non-hydrogen) atoms. The molecule has 0 radical (unpaired) electrons. The number of aryl methyl sites for hydroxylation is 3. The van der Waals surface area contributed by atoms with Gasteiger partial charge in [-0.2, -0.15) is 0 Å². The lowest BCUT2D eigenvalue weighted by molar-refractivity contribution is -0.108.